The molecule has 0 bridgehead atoms. The first-order valence-electron chi connectivity index (χ1n) is 8.51. The van der Waals surface area contributed by atoms with Crippen LogP contribution in [0.4, 0.5) is 4.39 Å². The van der Waals surface area contributed by atoms with Gasteiger partial charge in [-0.1, -0.05) is 46.3 Å². The number of carbonyl (C=O) groups is 1. The van der Waals surface area contributed by atoms with Crippen molar-refractivity contribution in [3.8, 4) is 0 Å². The summed E-state index contributed by atoms with van der Waals surface area (Å²) in [6.45, 7) is 1.57. The van der Waals surface area contributed by atoms with Gasteiger partial charge in [0, 0.05) is 29.7 Å². The summed E-state index contributed by atoms with van der Waals surface area (Å²) in [7, 11) is 1.74. The van der Waals surface area contributed by atoms with Crippen LogP contribution in [0.25, 0.3) is 0 Å². The normalized spacial score (nSPS) is 17.6. The van der Waals surface area contributed by atoms with Gasteiger partial charge in [-0.25, -0.2) is 4.39 Å². The second-order valence-corrected chi connectivity index (χ2v) is 7.44. The lowest BCUT2D eigenvalue weighted by Gasteiger charge is -2.27. The van der Waals surface area contributed by atoms with E-state index in [-0.39, 0.29) is 17.8 Å². The van der Waals surface area contributed by atoms with Crippen molar-refractivity contribution in [1.82, 2.24) is 9.80 Å². The highest BCUT2D eigenvalue weighted by Gasteiger charge is 2.28. The molecule has 1 aliphatic heterocycles. The summed E-state index contributed by atoms with van der Waals surface area (Å²) in [5.74, 6) is -0.250. The number of nitrogens with zero attached hydrogens (tertiary/aromatic N) is 2. The molecule has 1 atom stereocenters. The largest absolute Gasteiger partial charge is 0.340 e. The summed E-state index contributed by atoms with van der Waals surface area (Å²) in [5, 5.41) is 0. The molecule has 0 N–H and O–H groups in total. The number of carbonyl (C=O) groups excluding carboxylic acids is 1. The molecule has 3 rings (SSSR count). The van der Waals surface area contributed by atoms with Crippen molar-refractivity contribution in [2.45, 2.75) is 25.4 Å². The van der Waals surface area contributed by atoms with Crippen molar-refractivity contribution in [3.63, 3.8) is 0 Å². The molecule has 25 heavy (non-hydrogen) atoms. The fourth-order valence-corrected chi connectivity index (χ4v) is 3.79. The summed E-state index contributed by atoms with van der Waals surface area (Å²) < 4.78 is 14.8. The van der Waals surface area contributed by atoms with E-state index in [1.165, 1.54) is 11.6 Å². The SMILES string of the molecule is CN(Cc1ccccc1F)C(=O)CN1CCCC1c1cccc(Br)c1. The lowest BCUT2D eigenvalue weighted by atomic mass is 10.0. The molecule has 0 aliphatic carbocycles. The van der Waals surface area contributed by atoms with Crippen LogP contribution >= 0.6 is 15.9 Å². The first kappa shape index (κ1) is 18.1. The highest BCUT2D eigenvalue weighted by atomic mass is 79.9. The van der Waals surface area contributed by atoms with Crippen molar-refractivity contribution >= 4 is 21.8 Å². The van der Waals surface area contributed by atoms with Gasteiger partial charge in [0.1, 0.15) is 5.82 Å². The van der Waals surface area contributed by atoms with Crippen molar-refractivity contribution in [2.24, 2.45) is 0 Å². The van der Waals surface area contributed by atoms with Gasteiger partial charge in [-0.15, -0.1) is 0 Å². The molecule has 1 unspecified atom stereocenters. The van der Waals surface area contributed by atoms with Crippen LogP contribution in [0, 0.1) is 5.82 Å². The zero-order chi connectivity index (χ0) is 17.8. The van der Waals surface area contributed by atoms with Gasteiger partial charge < -0.3 is 4.90 Å². The Morgan fingerprint density at radius 1 is 1.28 bits per heavy atom. The van der Waals surface area contributed by atoms with E-state index in [2.05, 4.69) is 33.0 Å². The number of halogens is 2. The van der Waals surface area contributed by atoms with Crippen LogP contribution in [0.1, 0.15) is 30.0 Å². The highest BCUT2D eigenvalue weighted by molar-refractivity contribution is 9.10. The fourth-order valence-electron chi connectivity index (χ4n) is 3.37. The molecule has 0 aromatic heterocycles. The number of likely N-dealkylation sites (N-methyl/N-ethyl adjacent to an activating group) is 1. The van der Waals surface area contributed by atoms with E-state index in [0.717, 1.165) is 23.9 Å². The predicted octanol–water partition coefficient (Wildman–Crippen LogP) is 4.38. The maximum absolute atomic E-state index is 13.8. The number of hydrogen-bond donors (Lipinski definition) is 0. The number of rotatable bonds is 5. The molecule has 132 valence electrons. The molecule has 1 heterocycles. The van der Waals surface area contributed by atoms with Gasteiger partial charge in [0.2, 0.25) is 5.91 Å². The van der Waals surface area contributed by atoms with E-state index in [9.17, 15) is 9.18 Å². The standard InChI is InChI=1S/C20H22BrFN2O/c1-23(13-16-6-2-3-9-18(16)22)20(25)14-24-11-5-10-19(24)15-7-4-8-17(21)12-15/h2-4,6-9,12,19H,5,10-11,13-14H2,1H3. The van der Waals surface area contributed by atoms with Gasteiger partial charge in [-0.05, 0) is 43.1 Å². The average Bonchev–Trinajstić information content (AvgIpc) is 3.05. The molecule has 1 fully saturated rings. The van der Waals surface area contributed by atoms with E-state index in [1.807, 2.05) is 12.1 Å². The molecule has 5 heteroatoms. The van der Waals surface area contributed by atoms with Gasteiger partial charge in [0.05, 0.1) is 6.54 Å². The minimum atomic E-state index is -0.268. The third-order valence-electron chi connectivity index (χ3n) is 4.73. The smallest absolute Gasteiger partial charge is 0.236 e. The van der Waals surface area contributed by atoms with Gasteiger partial charge >= 0.3 is 0 Å². The third-order valence-corrected chi connectivity index (χ3v) is 5.22. The van der Waals surface area contributed by atoms with Crippen molar-refractivity contribution < 1.29 is 9.18 Å². The van der Waals surface area contributed by atoms with E-state index in [1.54, 1.807) is 30.1 Å². The first-order chi connectivity index (χ1) is 12.0. The molecule has 1 amide bonds. The Morgan fingerprint density at radius 2 is 2.08 bits per heavy atom. The minimum Gasteiger partial charge on any atom is -0.340 e. The van der Waals surface area contributed by atoms with Crippen LogP contribution in [-0.2, 0) is 11.3 Å². The van der Waals surface area contributed by atoms with E-state index in [0.29, 0.717) is 18.7 Å². The fraction of sp³-hybridized carbons (Fsp3) is 0.350. The molecule has 2 aromatic rings. The minimum absolute atomic E-state index is 0.0187. The summed E-state index contributed by atoms with van der Waals surface area (Å²) >= 11 is 3.52. The van der Waals surface area contributed by atoms with Gasteiger partial charge in [-0.3, -0.25) is 9.69 Å². The summed E-state index contributed by atoms with van der Waals surface area (Å²) in [6, 6.07) is 15.1. The maximum Gasteiger partial charge on any atom is 0.236 e. The maximum atomic E-state index is 13.8. The predicted molar refractivity (Wildman–Crippen MR) is 101 cm³/mol. The summed E-state index contributed by atoms with van der Waals surface area (Å²) in [4.78, 5) is 16.4. The molecule has 2 aromatic carbocycles. The Labute approximate surface area is 156 Å². The Kier molecular flexibility index (Phi) is 5.86. The monoisotopic (exact) mass is 404 g/mol. The average molecular weight is 405 g/mol. The Bertz CT molecular complexity index is 752. The van der Waals surface area contributed by atoms with Crippen LogP contribution < -0.4 is 0 Å². The van der Waals surface area contributed by atoms with E-state index >= 15 is 0 Å². The van der Waals surface area contributed by atoms with Crippen LogP contribution in [0.15, 0.2) is 53.0 Å². The molecular weight excluding hydrogens is 383 g/mol. The topological polar surface area (TPSA) is 23.6 Å². The lowest BCUT2D eigenvalue weighted by Crippen LogP contribution is -2.38. The van der Waals surface area contributed by atoms with Crippen LogP contribution in [0.3, 0.4) is 0 Å². The highest BCUT2D eigenvalue weighted by Crippen LogP contribution is 2.32. The van der Waals surface area contributed by atoms with Crippen LogP contribution in [0.2, 0.25) is 0 Å². The molecule has 1 saturated heterocycles. The molecular formula is C20H22BrFN2O. The molecule has 0 spiro atoms. The van der Waals surface area contributed by atoms with Gasteiger partial charge in [-0.2, -0.15) is 0 Å². The number of likely N-dealkylation sites (tertiary alicyclic amines) is 1. The van der Waals surface area contributed by atoms with Crippen molar-refractivity contribution in [3.05, 3.63) is 69.9 Å². The Morgan fingerprint density at radius 3 is 2.84 bits per heavy atom. The zero-order valence-electron chi connectivity index (χ0n) is 14.3. The Balaban J connectivity index is 1.64. The van der Waals surface area contributed by atoms with Crippen molar-refractivity contribution in [2.75, 3.05) is 20.1 Å². The Hall–Kier alpha value is -1.72. The van der Waals surface area contributed by atoms with Gasteiger partial charge in [0.15, 0.2) is 0 Å². The van der Waals surface area contributed by atoms with E-state index < -0.39 is 0 Å². The van der Waals surface area contributed by atoms with E-state index in [4.69, 9.17) is 0 Å². The van der Waals surface area contributed by atoms with Crippen molar-refractivity contribution in [1.29, 1.82) is 0 Å². The lowest BCUT2D eigenvalue weighted by molar-refractivity contribution is -0.131. The third kappa shape index (κ3) is 4.47. The number of hydrogen-bond acceptors (Lipinski definition) is 2. The molecule has 3 nitrogen and oxygen atoms in total. The second kappa shape index (κ2) is 8.11. The molecule has 1 aliphatic rings. The second-order valence-electron chi connectivity index (χ2n) is 6.52. The van der Waals surface area contributed by atoms with Gasteiger partial charge in [0.25, 0.3) is 0 Å². The number of benzene rings is 2. The summed E-state index contributed by atoms with van der Waals surface area (Å²) in [5.41, 5.74) is 1.78. The zero-order valence-corrected chi connectivity index (χ0v) is 15.9. The van der Waals surface area contributed by atoms with Crippen LogP contribution in [-0.4, -0.2) is 35.8 Å². The quantitative estimate of drug-likeness (QED) is 0.737. The van der Waals surface area contributed by atoms with Crippen LogP contribution in [0.5, 0.6) is 0 Å². The molecule has 0 saturated carbocycles. The number of amides is 1. The summed E-state index contributed by atoms with van der Waals surface area (Å²) in [6.07, 6.45) is 2.14. The molecule has 0 radical (unpaired) electrons. The first-order valence-corrected chi connectivity index (χ1v) is 9.31.